The van der Waals surface area contributed by atoms with Crippen LogP contribution < -0.4 is 16.4 Å². The molecular formula is C12H15N7O. The molecule has 8 heteroatoms. The number of amidine groups is 1. The summed E-state index contributed by atoms with van der Waals surface area (Å²) in [5, 5.41) is 14.6. The van der Waals surface area contributed by atoms with E-state index in [4.69, 9.17) is 11.5 Å². The fourth-order valence-corrected chi connectivity index (χ4v) is 1.44. The maximum Gasteiger partial charge on any atom is 0.199 e. The van der Waals surface area contributed by atoms with Crippen molar-refractivity contribution >= 4 is 23.6 Å². The topological polar surface area (TPSA) is 119 Å². The lowest BCUT2D eigenvalue weighted by Crippen LogP contribution is -2.15. The third-order valence-corrected chi connectivity index (χ3v) is 2.54. The first kappa shape index (κ1) is 13.5. The van der Waals surface area contributed by atoms with Gasteiger partial charge in [-0.1, -0.05) is 12.1 Å². The SMILES string of the molecule is CN(C)c1ccc(C=N/N=C(\N)c2nonc2N)cc1. The number of anilines is 2. The lowest BCUT2D eigenvalue weighted by atomic mass is 10.2. The van der Waals surface area contributed by atoms with E-state index >= 15 is 0 Å². The zero-order chi connectivity index (χ0) is 14.5. The van der Waals surface area contributed by atoms with Gasteiger partial charge in [0.05, 0.1) is 6.21 Å². The van der Waals surface area contributed by atoms with E-state index in [-0.39, 0.29) is 17.3 Å². The molecule has 104 valence electrons. The minimum atomic E-state index is 0.0462. The Morgan fingerprint density at radius 1 is 1.25 bits per heavy atom. The van der Waals surface area contributed by atoms with E-state index in [1.807, 2.05) is 43.3 Å². The van der Waals surface area contributed by atoms with Gasteiger partial charge in [-0.3, -0.25) is 0 Å². The van der Waals surface area contributed by atoms with Crippen LogP contribution in [-0.4, -0.2) is 36.5 Å². The number of benzene rings is 1. The van der Waals surface area contributed by atoms with E-state index in [0.717, 1.165) is 11.3 Å². The first-order valence-corrected chi connectivity index (χ1v) is 5.80. The molecule has 4 N–H and O–H groups in total. The first-order chi connectivity index (χ1) is 9.58. The molecule has 0 atom stereocenters. The number of hydrogen-bond acceptors (Lipinski definition) is 7. The summed E-state index contributed by atoms with van der Waals surface area (Å²) in [4.78, 5) is 2.01. The molecule has 20 heavy (non-hydrogen) atoms. The molecule has 0 unspecified atom stereocenters. The normalized spacial score (nSPS) is 12.0. The molecule has 0 amide bonds. The average Bonchev–Trinajstić information content (AvgIpc) is 2.85. The van der Waals surface area contributed by atoms with Gasteiger partial charge in [0.25, 0.3) is 0 Å². The number of aromatic nitrogens is 2. The van der Waals surface area contributed by atoms with Crippen molar-refractivity contribution in [3.05, 3.63) is 35.5 Å². The van der Waals surface area contributed by atoms with Crippen LogP contribution in [0.3, 0.4) is 0 Å². The fraction of sp³-hybridized carbons (Fsp3) is 0.167. The summed E-state index contributed by atoms with van der Waals surface area (Å²) >= 11 is 0. The lowest BCUT2D eigenvalue weighted by molar-refractivity contribution is 0.308. The second-order valence-electron chi connectivity index (χ2n) is 4.21. The summed E-state index contributed by atoms with van der Waals surface area (Å²) < 4.78 is 4.42. The van der Waals surface area contributed by atoms with Crippen molar-refractivity contribution < 1.29 is 4.63 Å². The maximum absolute atomic E-state index is 5.66. The smallest absolute Gasteiger partial charge is 0.199 e. The van der Waals surface area contributed by atoms with Crippen molar-refractivity contribution in [3.63, 3.8) is 0 Å². The number of rotatable bonds is 4. The Balaban J connectivity index is 2.08. The van der Waals surface area contributed by atoms with Gasteiger partial charge >= 0.3 is 0 Å². The van der Waals surface area contributed by atoms with Crippen LogP contribution in [0.2, 0.25) is 0 Å². The summed E-state index contributed by atoms with van der Waals surface area (Å²) in [6.07, 6.45) is 1.58. The Morgan fingerprint density at radius 3 is 2.50 bits per heavy atom. The van der Waals surface area contributed by atoms with E-state index in [0.29, 0.717) is 0 Å². The molecule has 0 bridgehead atoms. The molecule has 1 heterocycles. The molecule has 0 aliphatic carbocycles. The second-order valence-corrected chi connectivity index (χ2v) is 4.21. The van der Waals surface area contributed by atoms with Crippen LogP contribution in [0.4, 0.5) is 11.5 Å². The predicted molar refractivity (Wildman–Crippen MR) is 77.8 cm³/mol. The highest BCUT2D eigenvalue weighted by Gasteiger charge is 2.09. The Morgan fingerprint density at radius 2 is 1.95 bits per heavy atom. The molecule has 2 aromatic rings. The highest BCUT2D eigenvalue weighted by atomic mass is 16.6. The Kier molecular flexibility index (Phi) is 3.94. The largest absolute Gasteiger partial charge is 0.380 e. The minimum absolute atomic E-state index is 0.0462. The van der Waals surface area contributed by atoms with Crippen molar-refractivity contribution in [1.29, 1.82) is 0 Å². The zero-order valence-corrected chi connectivity index (χ0v) is 11.2. The molecule has 0 fully saturated rings. The number of nitrogens with two attached hydrogens (primary N) is 2. The van der Waals surface area contributed by atoms with E-state index in [2.05, 4.69) is 25.1 Å². The molecular weight excluding hydrogens is 258 g/mol. The molecule has 0 saturated heterocycles. The Labute approximate surface area is 115 Å². The van der Waals surface area contributed by atoms with Crippen molar-refractivity contribution in [3.8, 4) is 0 Å². The van der Waals surface area contributed by atoms with Crippen LogP contribution in [0.5, 0.6) is 0 Å². The summed E-state index contributed by atoms with van der Waals surface area (Å²) in [6.45, 7) is 0. The summed E-state index contributed by atoms with van der Waals surface area (Å²) in [7, 11) is 3.95. The van der Waals surface area contributed by atoms with Crippen LogP contribution >= 0.6 is 0 Å². The van der Waals surface area contributed by atoms with Crippen molar-refractivity contribution in [1.82, 2.24) is 10.3 Å². The molecule has 2 rings (SSSR count). The first-order valence-electron chi connectivity index (χ1n) is 5.80. The van der Waals surface area contributed by atoms with Gasteiger partial charge in [-0.05, 0) is 28.0 Å². The minimum Gasteiger partial charge on any atom is -0.380 e. The monoisotopic (exact) mass is 273 g/mol. The average molecular weight is 273 g/mol. The van der Waals surface area contributed by atoms with Crippen LogP contribution in [0, 0.1) is 0 Å². The molecule has 8 nitrogen and oxygen atoms in total. The van der Waals surface area contributed by atoms with Gasteiger partial charge in [0.1, 0.15) is 0 Å². The number of nitrogens with zero attached hydrogens (tertiary/aromatic N) is 5. The van der Waals surface area contributed by atoms with Crippen LogP contribution in [0.1, 0.15) is 11.3 Å². The lowest BCUT2D eigenvalue weighted by Gasteiger charge is -2.11. The van der Waals surface area contributed by atoms with Gasteiger partial charge < -0.3 is 16.4 Å². The molecule has 1 aromatic carbocycles. The van der Waals surface area contributed by atoms with Gasteiger partial charge in [0.15, 0.2) is 17.3 Å². The summed E-state index contributed by atoms with van der Waals surface area (Å²) in [5.41, 5.74) is 13.3. The molecule has 0 aliphatic heterocycles. The summed E-state index contributed by atoms with van der Waals surface area (Å²) in [5.74, 6) is 0.127. The van der Waals surface area contributed by atoms with Gasteiger partial charge in [-0.2, -0.15) is 5.10 Å². The van der Waals surface area contributed by atoms with Crippen LogP contribution in [0.15, 0.2) is 39.1 Å². The van der Waals surface area contributed by atoms with Crippen LogP contribution in [-0.2, 0) is 0 Å². The standard InChI is InChI=1S/C12H15N7O/c1-19(2)9-5-3-8(4-6-9)7-15-16-11(13)10-12(14)18-20-17-10/h3-7H,1-2H3,(H2,13,16)(H2,14,18). The van der Waals surface area contributed by atoms with E-state index in [9.17, 15) is 0 Å². The molecule has 0 spiro atoms. The molecule has 0 radical (unpaired) electrons. The van der Waals surface area contributed by atoms with Crippen LogP contribution in [0.25, 0.3) is 0 Å². The van der Waals surface area contributed by atoms with Gasteiger partial charge in [-0.15, -0.1) is 5.10 Å². The van der Waals surface area contributed by atoms with Crippen molar-refractivity contribution in [2.45, 2.75) is 0 Å². The maximum atomic E-state index is 5.66. The summed E-state index contributed by atoms with van der Waals surface area (Å²) in [6, 6.07) is 7.81. The second kappa shape index (κ2) is 5.83. The Bertz CT molecular complexity index is 628. The van der Waals surface area contributed by atoms with Crippen molar-refractivity contribution in [2.24, 2.45) is 15.9 Å². The molecule has 1 aromatic heterocycles. The quantitative estimate of drug-likeness (QED) is 0.474. The van der Waals surface area contributed by atoms with Crippen molar-refractivity contribution in [2.75, 3.05) is 24.7 Å². The zero-order valence-electron chi connectivity index (χ0n) is 11.2. The Hall–Kier alpha value is -2.90. The van der Waals surface area contributed by atoms with E-state index < -0.39 is 0 Å². The van der Waals surface area contributed by atoms with E-state index in [1.54, 1.807) is 6.21 Å². The molecule has 0 saturated carbocycles. The van der Waals surface area contributed by atoms with Gasteiger partial charge in [-0.25, -0.2) is 4.63 Å². The number of hydrogen-bond donors (Lipinski definition) is 2. The van der Waals surface area contributed by atoms with Gasteiger partial charge in [0.2, 0.25) is 0 Å². The van der Waals surface area contributed by atoms with E-state index in [1.165, 1.54) is 0 Å². The third kappa shape index (κ3) is 3.10. The van der Waals surface area contributed by atoms with Gasteiger partial charge in [0, 0.05) is 19.8 Å². The fourth-order valence-electron chi connectivity index (χ4n) is 1.44. The third-order valence-electron chi connectivity index (χ3n) is 2.54. The number of nitrogen functional groups attached to an aromatic ring is 1. The predicted octanol–water partition coefficient (Wildman–Crippen LogP) is 0.457. The molecule has 0 aliphatic rings. The highest BCUT2D eigenvalue weighted by Crippen LogP contribution is 2.11. The highest BCUT2D eigenvalue weighted by molar-refractivity contribution is 5.99.